The summed E-state index contributed by atoms with van der Waals surface area (Å²) in [7, 11) is 0. The lowest BCUT2D eigenvalue weighted by Gasteiger charge is -2.34. The fraction of sp³-hybridized carbons (Fsp3) is 0.476. The van der Waals surface area contributed by atoms with Crippen molar-refractivity contribution in [3.63, 3.8) is 0 Å². The van der Waals surface area contributed by atoms with Gasteiger partial charge in [0.05, 0.1) is 29.6 Å². The number of aromatic nitrogens is 2. The van der Waals surface area contributed by atoms with E-state index in [4.69, 9.17) is 9.84 Å². The zero-order valence-corrected chi connectivity index (χ0v) is 16.6. The van der Waals surface area contributed by atoms with Crippen LogP contribution >= 0.6 is 0 Å². The number of carboxylic acid groups (broad SMARTS) is 1. The third-order valence-corrected chi connectivity index (χ3v) is 5.29. The van der Waals surface area contributed by atoms with Crippen molar-refractivity contribution in [1.82, 2.24) is 14.7 Å². The molecule has 0 atom stereocenters. The Kier molecular flexibility index (Phi) is 6.14. The van der Waals surface area contributed by atoms with E-state index in [0.29, 0.717) is 18.8 Å². The highest BCUT2D eigenvalue weighted by molar-refractivity contribution is 5.95. The van der Waals surface area contributed by atoms with Gasteiger partial charge in [0, 0.05) is 25.8 Å². The van der Waals surface area contributed by atoms with Crippen molar-refractivity contribution in [2.75, 3.05) is 19.8 Å². The first kappa shape index (κ1) is 20.1. The Bertz CT molecular complexity index is 869. The molecular weight excluding hydrogens is 358 g/mol. The van der Waals surface area contributed by atoms with E-state index in [1.807, 2.05) is 39.0 Å². The maximum atomic E-state index is 13.3. The first-order chi connectivity index (χ1) is 13.4. The van der Waals surface area contributed by atoms with Crippen LogP contribution in [0.5, 0.6) is 0 Å². The number of ether oxygens (including phenoxy) is 1. The van der Waals surface area contributed by atoms with Gasteiger partial charge in [-0.2, -0.15) is 5.10 Å². The summed E-state index contributed by atoms with van der Waals surface area (Å²) in [5.41, 5.74) is 4.40. The van der Waals surface area contributed by atoms with Gasteiger partial charge in [0.15, 0.2) is 0 Å². The second kappa shape index (κ2) is 8.56. The molecule has 1 aliphatic rings. The summed E-state index contributed by atoms with van der Waals surface area (Å²) < 4.78 is 7.19. The molecule has 2 aromatic rings. The predicted molar refractivity (Wildman–Crippen MR) is 105 cm³/mol. The topological polar surface area (TPSA) is 84.7 Å². The van der Waals surface area contributed by atoms with Gasteiger partial charge in [-0.3, -0.25) is 9.59 Å². The molecule has 0 saturated carbocycles. The minimum absolute atomic E-state index is 0.0101. The van der Waals surface area contributed by atoms with Crippen LogP contribution in [0.4, 0.5) is 0 Å². The molecule has 1 aliphatic heterocycles. The van der Waals surface area contributed by atoms with Gasteiger partial charge in [0.2, 0.25) is 0 Å². The van der Waals surface area contributed by atoms with Crippen molar-refractivity contribution in [3.05, 3.63) is 46.8 Å². The Balaban J connectivity index is 1.91. The highest BCUT2D eigenvalue weighted by Gasteiger charge is 2.29. The number of nitrogens with zero attached hydrogens (tertiary/aromatic N) is 3. The van der Waals surface area contributed by atoms with E-state index in [1.54, 1.807) is 15.8 Å². The average molecular weight is 385 g/mol. The molecule has 1 aromatic carbocycles. The van der Waals surface area contributed by atoms with Gasteiger partial charge in [0.25, 0.3) is 5.91 Å². The molecule has 0 spiro atoms. The third kappa shape index (κ3) is 4.25. The summed E-state index contributed by atoms with van der Waals surface area (Å²) in [5.74, 6) is -1.07. The Morgan fingerprint density at radius 3 is 2.64 bits per heavy atom. The summed E-state index contributed by atoms with van der Waals surface area (Å²) in [4.78, 5) is 26.1. The fourth-order valence-corrected chi connectivity index (χ4v) is 3.63. The van der Waals surface area contributed by atoms with E-state index in [2.05, 4.69) is 5.10 Å². The zero-order valence-electron chi connectivity index (χ0n) is 16.6. The summed E-state index contributed by atoms with van der Waals surface area (Å²) in [6.45, 7) is 7.27. The number of hydrogen-bond donors (Lipinski definition) is 1. The van der Waals surface area contributed by atoms with Crippen molar-refractivity contribution in [2.45, 2.75) is 46.1 Å². The molecular formula is C21H27N3O4. The SMILES string of the molecule is Cc1ccc(C)c(-n2ncc(C(=O)N(CCC(=O)O)C3CCOCC3)c2C)c1. The quantitative estimate of drug-likeness (QED) is 0.826. The van der Waals surface area contributed by atoms with Gasteiger partial charge in [-0.05, 0) is 50.8 Å². The van der Waals surface area contributed by atoms with Crippen LogP contribution in [0, 0.1) is 20.8 Å². The molecule has 150 valence electrons. The molecule has 28 heavy (non-hydrogen) atoms. The van der Waals surface area contributed by atoms with Gasteiger partial charge in [-0.15, -0.1) is 0 Å². The molecule has 7 heteroatoms. The minimum atomic E-state index is -0.910. The molecule has 1 aromatic heterocycles. The van der Waals surface area contributed by atoms with Gasteiger partial charge < -0.3 is 14.7 Å². The van der Waals surface area contributed by atoms with Crippen LogP contribution < -0.4 is 0 Å². The molecule has 0 radical (unpaired) electrons. The molecule has 0 unspecified atom stereocenters. The molecule has 1 saturated heterocycles. The van der Waals surface area contributed by atoms with E-state index in [9.17, 15) is 9.59 Å². The number of carbonyl (C=O) groups is 2. The molecule has 0 aliphatic carbocycles. The molecule has 0 bridgehead atoms. The van der Waals surface area contributed by atoms with Gasteiger partial charge in [0.1, 0.15) is 0 Å². The van der Waals surface area contributed by atoms with Crippen LogP contribution in [0.3, 0.4) is 0 Å². The van der Waals surface area contributed by atoms with Crippen molar-refractivity contribution in [3.8, 4) is 5.69 Å². The van der Waals surface area contributed by atoms with E-state index >= 15 is 0 Å². The van der Waals surface area contributed by atoms with E-state index in [1.165, 1.54) is 0 Å². The molecule has 3 rings (SSSR count). The molecule has 7 nitrogen and oxygen atoms in total. The summed E-state index contributed by atoms with van der Waals surface area (Å²) in [6, 6.07) is 6.12. The van der Waals surface area contributed by atoms with E-state index in [-0.39, 0.29) is 24.9 Å². The Morgan fingerprint density at radius 1 is 1.25 bits per heavy atom. The Morgan fingerprint density at radius 2 is 1.96 bits per heavy atom. The van der Waals surface area contributed by atoms with Crippen molar-refractivity contribution < 1.29 is 19.4 Å². The van der Waals surface area contributed by atoms with Gasteiger partial charge in [-0.1, -0.05) is 12.1 Å². The normalized spacial score (nSPS) is 14.8. The van der Waals surface area contributed by atoms with Crippen LogP contribution in [0.1, 0.15) is 46.4 Å². The standard InChI is InChI=1S/C21H27N3O4/c1-14-4-5-15(2)19(12-14)24-16(3)18(13-22-24)21(27)23(9-6-20(25)26)17-7-10-28-11-8-17/h4-5,12-13,17H,6-11H2,1-3H3,(H,25,26). The third-order valence-electron chi connectivity index (χ3n) is 5.29. The molecule has 1 fully saturated rings. The maximum Gasteiger partial charge on any atom is 0.305 e. The smallest absolute Gasteiger partial charge is 0.305 e. The average Bonchev–Trinajstić information content (AvgIpc) is 3.05. The maximum absolute atomic E-state index is 13.3. The van der Waals surface area contributed by atoms with E-state index < -0.39 is 5.97 Å². The molecule has 1 amide bonds. The number of aryl methyl sites for hydroxylation is 2. The summed E-state index contributed by atoms with van der Waals surface area (Å²) in [6.07, 6.45) is 2.95. The number of benzene rings is 1. The summed E-state index contributed by atoms with van der Waals surface area (Å²) in [5, 5.41) is 13.6. The van der Waals surface area contributed by atoms with Crippen molar-refractivity contribution in [2.24, 2.45) is 0 Å². The Labute approximate surface area is 164 Å². The van der Waals surface area contributed by atoms with Gasteiger partial charge >= 0.3 is 5.97 Å². The van der Waals surface area contributed by atoms with Crippen LogP contribution in [0.15, 0.2) is 24.4 Å². The van der Waals surface area contributed by atoms with Crippen LogP contribution in [0.25, 0.3) is 5.69 Å². The highest BCUT2D eigenvalue weighted by Crippen LogP contribution is 2.23. The first-order valence-corrected chi connectivity index (χ1v) is 9.61. The largest absolute Gasteiger partial charge is 0.481 e. The lowest BCUT2D eigenvalue weighted by molar-refractivity contribution is -0.137. The van der Waals surface area contributed by atoms with Crippen molar-refractivity contribution >= 4 is 11.9 Å². The lowest BCUT2D eigenvalue weighted by Crippen LogP contribution is -2.44. The van der Waals surface area contributed by atoms with E-state index in [0.717, 1.165) is 35.3 Å². The first-order valence-electron chi connectivity index (χ1n) is 9.61. The van der Waals surface area contributed by atoms with Crippen LogP contribution in [0.2, 0.25) is 0 Å². The molecule has 2 heterocycles. The number of carbonyl (C=O) groups excluding carboxylic acids is 1. The monoisotopic (exact) mass is 385 g/mol. The number of amides is 1. The zero-order chi connectivity index (χ0) is 20.3. The second-order valence-corrected chi connectivity index (χ2v) is 7.33. The Hall–Kier alpha value is -2.67. The fourth-order valence-electron chi connectivity index (χ4n) is 3.63. The van der Waals surface area contributed by atoms with Gasteiger partial charge in [-0.25, -0.2) is 4.68 Å². The van der Waals surface area contributed by atoms with Crippen molar-refractivity contribution in [1.29, 1.82) is 0 Å². The second-order valence-electron chi connectivity index (χ2n) is 7.33. The summed E-state index contributed by atoms with van der Waals surface area (Å²) >= 11 is 0. The minimum Gasteiger partial charge on any atom is -0.481 e. The lowest BCUT2D eigenvalue weighted by atomic mass is 10.0. The number of aliphatic carboxylic acids is 1. The highest BCUT2D eigenvalue weighted by atomic mass is 16.5. The predicted octanol–water partition coefficient (Wildman–Crippen LogP) is 2.89. The van der Waals surface area contributed by atoms with Crippen LogP contribution in [-0.2, 0) is 9.53 Å². The number of carboxylic acids is 1. The number of hydrogen-bond acceptors (Lipinski definition) is 4. The molecule has 1 N–H and O–H groups in total. The van der Waals surface area contributed by atoms with Crippen LogP contribution in [-0.4, -0.2) is 57.5 Å². The number of rotatable bonds is 6.